The molecule has 0 heterocycles. The van der Waals surface area contributed by atoms with E-state index >= 15 is 0 Å². The average molecular weight is 479 g/mol. The third kappa shape index (κ3) is 5.50. The second kappa shape index (κ2) is 10.5. The summed E-state index contributed by atoms with van der Waals surface area (Å²) in [5.41, 5.74) is 3.75. The summed E-state index contributed by atoms with van der Waals surface area (Å²) in [6.07, 6.45) is 3.08. The second-order valence-corrected chi connectivity index (χ2v) is 10.2. The predicted molar refractivity (Wildman–Crippen MR) is 133 cm³/mol. The van der Waals surface area contributed by atoms with Crippen LogP contribution in [0, 0.1) is 11.3 Å². The minimum absolute atomic E-state index is 0.0174. The number of carboxylic acid groups (broad SMARTS) is 1. The molecule has 35 heavy (non-hydrogen) atoms. The Hall–Kier alpha value is -3.35. The van der Waals surface area contributed by atoms with Crippen molar-refractivity contribution in [3.63, 3.8) is 0 Å². The Bertz CT molecular complexity index is 1050. The summed E-state index contributed by atoms with van der Waals surface area (Å²) >= 11 is 0. The molecule has 2 unspecified atom stereocenters. The van der Waals surface area contributed by atoms with Crippen LogP contribution in [0.25, 0.3) is 11.1 Å². The van der Waals surface area contributed by atoms with Gasteiger partial charge in [-0.3, -0.25) is 9.59 Å². The summed E-state index contributed by atoms with van der Waals surface area (Å²) < 4.78 is 5.68. The molecule has 0 aliphatic heterocycles. The van der Waals surface area contributed by atoms with Gasteiger partial charge >= 0.3 is 12.1 Å². The lowest BCUT2D eigenvalue weighted by Crippen LogP contribution is -2.49. The van der Waals surface area contributed by atoms with Crippen molar-refractivity contribution in [2.45, 2.75) is 57.9 Å². The van der Waals surface area contributed by atoms with Gasteiger partial charge in [0.1, 0.15) is 6.61 Å². The van der Waals surface area contributed by atoms with Gasteiger partial charge in [0.25, 0.3) is 0 Å². The van der Waals surface area contributed by atoms with E-state index in [1.807, 2.05) is 24.3 Å². The highest BCUT2D eigenvalue weighted by Crippen LogP contribution is 2.44. The van der Waals surface area contributed by atoms with Crippen molar-refractivity contribution in [1.82, 2.24) is 10.6 Å². The van der Waals surface area contributed by atoms with Crippen molar-refractivity contribution in [1.29, 1.82) is 0 Å². The van der Waals surface area contributed by atoms with Crippen LogP contribution in [0.3, 0.4) is 0 Å². The minimum Gasteiger partial charge on any atom is -0.481 e. The molecule has 2 aromatic rings. The number of hydrogen-bond donors (Lipinski definition) is 3. The molecule has 0 bridgehead atoms. The smallest absolute Gasteiger partial charge is 0.407 e. The van der Waals surface area contributed by atoms with Crippen LogP contribution in [-0.4, -0.2) is 42.3 Å². The summed E-state index contributed by atoms with van der Waals surface area (Å²) in [7, 11) is 0. The Morgan fingerprint density at radius 2 is 1.57 bits per heavy atom. The first-order chi connectivity index (χ1) is 16.8. The van der Waals surface area contributed by atoms with Crippen LogP contribution in [-0.2, 0) is 14.3 Å². The Balaban J connectivity index is 1.33. The van der Waals surface area contributed by atoms with Crippen LogP contribution in [0.4, 0.5) is 4.79 Å². The van der Waals surface area contributed by atoms with Gasteiger partial charge in [-0.2, -0.15) is 0 Å². The molecule has 3 N–H and O–H groups in total. The molecule has 2 aromatic carbocycles. The number of rotatable bonds is 8. The van der Waals surface area contributed by atoms with E-state index in [9.17, 15) is 19.5 Å². The molecule has 0 saturated heterocycles. The highest BCUT2D eigenvalue weighted by Gasteiger charge is 2.34. The lowest BCUT2D eigenvalue weighted by atomic mass is 9.83. The summed E-state index contributed by atoms with van der Waals surface area (Å²) in [6.45, 7) is 3.80. The van der Waals surface area contributed by atoms with Crippen LogP contribution < -0.4 is 10.6 Å². The van der Waals surface area contributed by atoms with E-state index in [4.69, 9.17) is 4.74 Å². The van der Waals surface area contributed by atoms with Crippen molar-refractivity contribution in [3.8, 4) is 11.1 Å². The molecule has 1 fully saturated rings. The molecule has 2 aliphatic rings. The fraction of sp³-hybridized carbons (Fsp3) is 0.464. The van der Waals surface area contributed by atoms with Crippen molar-refractivity contribution < 1.29 is 24.2 Å². The van der Waals surface area contributed by atoms with Gasteiger partial charge in [-0.1, -0.05) is 61.4 Å². The summed E-state index contributed by atoms with van der Waals surface area (Å²) in [5.74, 6) is -1.40. The molecule has 0 aromatic heterocycles. The Labute approximate surface area is 206 Å². The van der Waals surface area contributed by atoms with Crippen molar-refractivity contribution >= 4 is 18.0 Å². The van der Waals surface area contributed by atoms with E-state index in [1.165, 1.54) is 11.1 Å². The highest BCUT2D eigenvalue weighted by atomic mass is 16.5. The predicted octanol–water partition coefficient (Wildman–Crippen LogP) is 4.70. The standard InChI is InChI=1S/C28H34N2O5/c1-28(2,26(32)33)15-16-29-25(31)22-13-7-8-14-24(22)30-27(34)35-17-23-20-11-5-3-9-18(20)19-10-4-6-12-21(19)23/h3-6,9-12,22-24H,7-8,13-17H2,1-2H3,(H,29,31)(H,30,34)(H,32,33). The largest absolute Gasteiger partial charge is 0.481 e. The molecule has 186 valence electrons. The third-order valence-corrected chi connectivity index (χ3v) is 7.38. The van der Waals surface area contributed by atoms with Gasteiger partial charge in [-0.05, 0) is 55.4 Å². The number of benzene rings is 2. The normalized spacial score (nSPS) is 19.4. The van der Waals surface area contributed by atoms with Crippen LogP contribution >= 0.6 is 0 Å². The van der Waals surface area contributed by atoms with Crippen LogP contribution in [0.1, 0.15) is 63.0 Å². The Morgan fingerprint density at radius 1 is 0.971 bits per heavy atom. The maximum Gasteiger partial charge on any atom is 0.407 e. The summed E-state index contributed by atoms with van der Waals surface area (Å²) in [6, 6.07) is 16.1. The lowest BCUT2D eigenvalue weighted by Gasteiger charge is -2.31. The van der Waals surface area contributed by atoms with Gasteiger partial charge in [-0.15, -0.1) is 0 Å². The van der Waals surface area contributed by atoms with Gasteiger partial charge in [0.05, 0.1) is 11.3 Å². The van der Waals surface area contributed by atoms with Gasteiger partial charge in [0.2, 0.25) is 5.91 Å². The van der Waals surface area contributed by atoms with Gasteiger partial charge in [0, 0.05) is 18.5 Å². The third-order valence-electron chi connectivity index (χ3n) is 7.38. The first-order valence-corrected chi connectivity index (χ1v) is 12.4. The fourth-order valence-corrected chi connectivity index (χ4v) is 5.15. The number of amides is 2. The Morgan fingerprint density at radius 3 is 2.20 bits per heavy atom. The molecule has 7 nitrogen and oxygen atoms in total. The zero-order valence-corrected chi connectivity index (χ0v) is 20.4. The fourth-order valence-electron chi connectivity index (χ4n) is 5.15. The second-order valence-electron chi connectivity index (χ2n) is 10.2. The summed E-state index contributed by atoms with van der Waals surface area (Å²) in [5, 5.41) is 15.1. The zero-order chi connectivity index (χ0) is 25.0. The zero-order valence-electron chi connectivity index (χ0n) is 20.4. The van der Waals surface area contributed by atoms with Crippen molar-refractivity contribution in [2.24, 2.45) is 11.3 Å². The van der Waals surface area contributed by atoms with E-state index in [0.29, 0.717) is 19.3 Å². The molecular weight excluding hydrogens is 444 g/mol. The van der Waals surface area contributed by atoms with Crippen LogP contribution in [0.2, 0.25) is 0 Å². The molecule has 0 spiro atoms. The van der Waals surface area contributed by atoms with E-state index in [-0.39, 0.29) is 36.9 Å². The van der Waals surface area contributed by atoms with Gasteiger partial charge in [-0.25, -0.2) is 4.79 Å². The van der Waals surface area contributed by atoms with E-state index < -0.39 is 17.5 Å². The maximum absolute atomic E-state index is 12.8. The van der Waals surface area contributed by atoms with E-state index in [0.717, 1.165) is 24.0 Å². The molecule has 2 atom stereocenters. The number of carboxylic acids is 1. The maximum atomic E-state index is 12.8. The van der Waals surface area contributed by atoms with E-state index in [2.05, 4.69) is 34.9 Å². The van der Waals surface area contributed by atoms with E-state index in [1.54, 1.807) is 13.8 Å². The molecule has 4 rings (SSSR count). The molecule has 2 aliphatic carbocycles. The number of carbonyl (C=O) groups excluding carboxylic acids is 2. The SMILES string of the molecule is CC(C)(CCNC(=O)C1CCCCC1NC(=O)OCC1c2ccccc2-c2ccccc21)C(=O)O. The number of fused-ring (bicyclic) bond motifs is 3. The summed E-state index contributed by atoms with van der Waals surface area (Å²) in [4.78, 5) is 36.9. The molecule has 0 radical (unpaired) electrons. The van der Waals surface area contributed by atoms with Gasteiger partial charge < -0.3 is 20.5 Å². The molecule has 2 amide bonds. The van der Waals surface area contributed by atoms with Crippen molar-refractivity contribution in [3.05, 3.63) is 59.7 Å². The van der Waals surface area contributed by atoms with Gasteiger partial charge in [0.15, 0.2) is 0 Å². The highest BCUT2D eigenvalue weighted by molar-refractivity contribution is 5.81. The lowest BCUT2D eigenvalue weighted by molar-refractivity contribution is -0.147. The molecular formula is C28H34N2O5. The number of aliphatic carboxylic acids is 1. The number of hydrogen-bond acceptors (Lipinski definition) is 4. The van der Waals surface area contributed by atoms with Crippen LogP contribution in [0.5, 0.6) is 0 Å². The number of alkyl carbamates (subject to hydrolysis) is 1. The first-order valence-electron chi connectivity index (χ1n) is 12.4. The minimum atomic E-state index is -0.904. The number of nitrogens with one attached hydrogen (secondary N) is 2. The number of carbonyl (C=O) groups is 3. The monoisotopic (exact) mass is 478 g/mol. The topological polar surface area (TPSA) is 105 Å². The molecule has 1 saturated carbocycles. The number of ether oxygens (including phenoxy) is 1. The molecule has 7 heteroatoms. The van der Waals surface area contributed by atoms with Crippen LogP contribution in [0.15, 0.2) is 48.5 Å². The average Bonchev–Trinajstić information content (AvgIpc) is 3.16. The quantitative estimate of drug-likeness (QED) is 0.510. The first kappa shape index (κ1) is 24.8. The van der Waals surface area contributed by atoms with Crippen molar-refractivity contribution in [2.75, 3.05) is 13.2 Å². The Kier molecular flexibility index (Phi) is 7.43.